The SMILES string of the molecule is CCCN(CC(=O)O)C(=O)c1cccc(NC(=O)C2Cc3ccccc3O2)c1. The number of ether oxygens (including phenoxy) is 1. The van der Waals surface area contributed by atoms with E-state index in [2.05, 4.69) is 5.32 Å². The molecule has 2 amide bonds. The highest BCUT2D eigenvalue weighted by atomic mass is 16.5. The second kappa shape index (κ2) is 8.56. The van der Waals surface area contributed by atoms with E-state index in [1.807, 2.05) is 31.2 Å². The number of anilines is 1. The molecule has 0 spiro atoms. The molecule has 1 atom stereocenters. The molecule has 7 heteroatoms. The molecule has 2 aromatic carbocycles. The quantitative estimate of drug-likeness (QED) is 0.767. The normalized spacial score (nSPS) is 14.7. The van der Waals surface area contributed by atoms with Crippen molar-refractivity contribution in [1.29, 1.82) is 0 Å². The van der Waals surface area contributed by atoms with Crippen molar-refractivity contribution >= 4 is 23.5 Å². The van der Waals surface area contributed by atoms with Crippen molar-refractivity contribution in [2.45, 2.75) is 25.9 Å². The van der Waals surface area contributed by atoms with E-state index < -0.39 is 12.1 Å². The van der Waals surface area contributed by atoms with Crippen molar-refractivity contribution in [2.24, 2.45) is 0 Å². The number of nitrogens with one attached hydrogen (secondary N) is 1. The lowest BCUT2D eigenvalue weighted by Crippen LogP contribution is -2.36. The number of rotatable bonds is 7. The summed E-state index contributed by atoms with van der Waals surface area (Å²) in [4.78, 5) is 37.5. The minimum absolute atomic E-state index is 0.295. The molecule has 2 aromatic rings. The van der Waals surface area contributed by atoms with Gasteiger partial charge in [0.15, 0.2) is 6.10 Å². The van der Waals surface area contributed by atoms with Gasteiger partial charge in [0.2, 0.25) is 0 Å². The van der Waals surface area contributed by atoms with E-state index in [4.69, 9.17) is 9.84 Å². The zero-order valence-electron chi connectivity index (χ0n) is 15.6. The zero-order valence-corrected chi connectivity index (χ0v) is 15.6. The van der Waals surface area contributed by atoms with Gasteiger partial charge in [0.25, 0.3) is 11.8 Å². The Balaban J connectivity index is 1.68. The first kappa shape index (κ1) is 19.4. The number of nitrogens with zero attached hydrogens (tertiary/aromatic N) is 1. The van der Waals surface area contributed by atoms with Crippen LogP contribution in [0.4, 0.5) is 5.69 Å². The summed E-state index contributed by atoms with van der Waals surface area (Å²) >= 11 is 0. The lowest BCUT2D eigenvalue weighted by Gasteiger charge is -2.20. The molecular formula is C21H22N2O5. The predicted molar refractivity (Wildman–Crippen MR) is 103 cm³/mol. The summed E-state index contributed by atoms with van der Waals surface area (Å²) in [5.41, 5.74) is 1.76. The average molecular weight is 382 g/mol. The van der Waals surface area contributed by atoms with Crippen molar-refractivity contribution < 1.29 is 24.2 Å². The highest BCUT2D eigenvalue weighted by Gasteiger charge is 2.29. The van der Waals surface area contributed by atoms with Gasteiger partial charge in [-0.1, -0.05) is 31.2 Å². The Labute approximate surface area is 162 Å². The molecule has 2 N–H and O–H groups in total. The number of amides is 2. The Morgan fingerprint density at radius 1 is 1.18 bits per heavy atom. The molecule has 0 aliphatic carbocycles. The number of carbonyl (C=O) groups is 3. The summed E-state index contributed by atoms with van der Waals surface area (Å²) in [6.07, 6.45) is 0.513. The van der Waals surface area contributed by atoms with Crippen molar-refractivity contribution in [3.05, 3.63) is 59.7 Å². The fraction of sp³-hybridized carbons (Fsp3) is 0.286. The van der Waals surface area contributed by atoms with Crippen LogP contribution in [0, 0.1) is 0 Å². The highest BCUT2D eigenvalue weighted by Crippen LogP contribution is 2.28. The third-order valence-corrected chi connectivity index (χ3v) is 4.42. The van der Waals surface area contributed by atoms with Crippen LogP contribution in [0.15, 0.2) is 48.5 Å². The van der Waals surface area contributed by atoms with Crippen LogP contribution < -0.4 is 10.1 Å². The Bertz CT molecular complexity index is 871. The lowest BCUT2D eigenvalue weighted by atomic mass is 10.1. The molecule has 28 heavy (non-hydrogen) atoms. The molecule has 0 fully saturated rings. The molecule has 1 aliphatic heterocycles. The first-order chi connectivity index (χ1) is 13.5. The third-order valence-electron chi connectivity index (χ3n) is 4.42. The van der Waals surface area contributed by atoms with Gasteiger partial charge in [-0.25, -0.2) is 0 Å². The van der Waals surface area contributed by atoms with Crippen molar-refractivity contribution in [3.63, 3.8) is 0 Å². The molecule has 1 aliphatic rings. The van der Waals surface area contributed by atoms with E-state index in [9.17, 15) is 14.4 Å². The van der Waals surface area contributed by atoms with Gasteiger partial charge in [-0.2, -0.15) is 0 Å². The number of carboxylic acid groups (broad SMARTS) is 1. The van der Waals surface area contributed by atoms with Gasteiger partial charge in [0.1, 0.15) is 12.3 Å². The second-order valence-electron chi connectivity index (χ2n) is 6.61. The summed E-state index contributed by atoms with van der Waals surface area (Å²) < 4.78 is 5.68. The maximum absolute atomic E-state index is 12.6. The molecule has 0 bridgehead atoms. The number of carboxylic acids is 1. The van der Waals surface area contributed by atoms with Gasteiger partial charge < -0.3 is 20.1 Å². The van der Waals surface area contributed by atoms with E-state index in [1.165, 1.54) is 4.90 Å². The minimum atomic E-state index is -1.07. The van der Waals surface area contributed by atoms with E-state index >= 15 is 0 Å². The fourth-order valence-electron chi connectivity index (χ4n) is 3.15. The maximum atomic E-state index is 12.6. The summed E-state index contributed by atoms with van der Waals surface area (Å²) in [5, 5.41) is 11.8. The van der Waals surface area contributed by atoms with Gasteiger partial charge in [-0.05, 0) is 36.2 Å². The number of para-hydroxylation sites is 1. The van der Waals surface area contributed by atoms with Crippen molar-refractivity contribution in [2.75, 3.05) is 18.4 Å². The summed E-state index contributed by atoms with van der Waals surface area (Å²) in [6, 6.07) is 14.0. The van der Waals surface area contributed by atoms with Gasteiger partial charge in [0.05, 0.1) is 0 Å². The topological polar surface area (TPSA) is 95.9 Å². The predicted octanol–water partition coefficient (Wildman–Crippen LogP) is 2.57. The first-order valence-corrected chi connectivity index (χ1v) is 9.14. The molecule has 7 nitrogen and oxygen atoms in total. The number of benzene rings is 2. The van der Waals surface area contributed by atoms with Crippen molar-refractivity contribution in [3.8, 4) is 5.75 Å². The summed E-state index contributed by atoms with van der Waals surface area (Å²) in [7, 11) is 0. The van der Waals surface area contributed by atoms with Crippen LogP contribution >= 0.6 is 0 Å². The number of aliphatic carboxylic acids is 1. The Kier molecular flexibility index (Phi) is 5.93. The van der Waals surface area contributed by atoms with E-state index in [0.29, 0.717) is 36.4 Å². The standard InChI is InChI=1S/C21H22N2O5/c1-2-10-23(13-19(24)25)21(27)15-7-5-8-16(11-15)22-20(26)18-12-14-6-3-4-9-17(14)28-18/h3-9,11,18H,2,10,12-13H2,1H3,(H,22,26)(H,24,25). The van der Waals surface area contributed by atoms with E-state index in [1.54, 1.807) is 24.3 Å². The molecule has 0 aromatic heterocycles. The van der Waals surface area contributed by atoms with Crippen LogP contribution in [-0.2, 0) is 16.0 Å². The van der Waals surface area contributed by atoms with Gasteiger partial charge in [0, 0.05) is 24.2 Å². The molecule has 3 rings (SSSR count). The van der Waals surface area contributed by atoms with E-state index in [0.717, 1.165) is 5.56 Å². The Morgan fingerprint density at radius 3 is 2.68 bits per heavy atom. The first-order valence-electron chi connectivity index (χ1n) is 9.14. The highest BCUT2D eigenvalue weighted by molar-refractivity contribution is 5.99. The average Bonchev–Trinajstić information content (AvgIpc) is 3.11. The number of fused-ring (bicyclic) bond motifs is 1. The molecule has 1 unspecified atom stereocenters. The van der Waals surface area contributed by atoms with Crippen LogP contribution in [-0.4, -0.2) is 47.0 Å². The number of hydrogen-bond acceptors (Lipinski definition) is 4. The monoisotopic (exact) mass is 382 g/mol. The fourth-order valence-corrected chi connectivity index (χ4v) is 3.15. The van der Waals surface area contributed by atoms with Crippen LogP contribution in [0.2, 0.25) is 0 Å². The largest absolute Gasteiger partial charge is 0.480 e. The Morgan fingerprint density at radius 2 is 1.96 bits per heavy atom. The minimum Gasteiger partial charge on any atom is -0.480 e. The molecule has 1 heterocycles. The molecule has 146 valence electrons. The van der Waals surface area contributed by atoms with E-state index in [-0.39, 0.29) is 18.4 Å². The lowest BCUT2D eigenvalue weighted by molar-refractivity contribution is -0.137. The van der Waals surface area contributed by atoms with Crippen molar-refractivity contribution in [1.82, 2.24) is 4.90 Å². The molecular weight excluding hydrogens is 360 g/mol. The smallest absolute Gasteiger partial charge is 0.323 e. The zero-order chi connectivity index (χ0) is 20.1. The number of carbonyl (C=O) groups excluding carboxylic acids is 2. The molecule has 0 saturated heterocycles. The summed E-state index contributed by atoms with van der Waals surface area (Å²) in [6.45, 7) is 1.85. The van der Waals surface area contributed by atoms with Gasteiger partial charge >= 0.3 is 5.97 Å². The summed E-state index contributed by atoms with van der Waals surface area (Å²) in [5.74, 6) is -1.04. The third kappa shape index (κ3) is 4.49. The number of hydrogen-bond donors (Lipinski definition) is 2. The maximum Gasteiger partial charge on any atom is 0.323 e. The second-order valence-corrected chi connectivity index (χ2v) is 6.61. The Hall–Kier alpha value is -3.35. The van der Waals surface area contributed by atoms with Crippen LogP contribution in [0.25, 0.3) is 0 Å². The van der Waals surface area contributed by atoms with Gasteiger partial charge in [-0.3, -0.25) is 14.4 Å². The molecule has 0 saturated carbocycles. The van der Waals surface area contributed by atoms with Crippen LogP contribution in [0.5, 0.6) is 5.75 Å². The van der Waals surface area contributed by atoms with Crippen LogP contribution in [0.3, 0.4) is 0 Å². The van der Waals surface area contributed by atoms with Crippen LogP contribution in [0.1, 0.15) is 29.3 Å². The van der Waals surface area contributed by atoms with Gasteiger partial charge in [-0.15, -0.1) is 0 Å². The molecule has 0 radical (unpaired) electrons.